The van der Waals surface area contributed by atoms with Gasteiger partial charge in [-0.15, -0.1) is 13.2 Å². The van der Waals surface area contributed by atoms with E-state index in [1.54, 1.807) is 6.07 Å². The summed E-state index contributed by atoms with van der Waals surface area (Å²) in [6.07, 6.45) is -3.86. The van der Waals surface area contributed by atoms with Gasteiger partial charge in [-0.2, -0.15) is 4.84 Å². The quantitative estimate of drug-likeness (QED) is 0.836. The number of piperidine rings is 1. The third-order valence-electron chi connectivity index (χ3n) is 3.38. The SMILES string of the molecule is O=S(=O)(c1ccccc1)N(CC1CCNCC1)OC(F)(F)F. The van der Waals surface area contributed by atoms with Crippen LogP contribution in [0.2, 0.25) is 0 Å². The molecule has 0 amide bonds. The second-order valence-electron chi connectivity index (χ2n) is 5.03. The Bertz CT molecular complexity index is 572. The first-order valence-corrected chi connectivity index (χ1v) is 8.27. The fourth-order valence-electron chi connectivity index (χ4n) is 2.29. The summed E-state index contributed by atoms with van der Waals surface area (Å²) in [5.74, 6) is -0.179. The minimum absolute atomic E-state index is 0.0678. The molecule has 0 spiro atoms. The smallest absolute Gasteiger partial charge is 0.317 e. The number of benzene rings is 1. The second-order valence-corrected chi connectivity index (χ2v) is 6.86. The summed E-state index contributed by atoms with van der Waals surface area (Å²) in [5, 5.41) is 3.08. The summed E-state index contributed by atoms with van der Waals surface area (Å²) in [7, 11) is -4.36. The van der Waals surface area contributed by atoms with Crippen LogP contribution in [0.25, 0.3) is 0 Å². The predicted molar refractivity (Wildman–Crippen MR) is 73.1 cm³/mol. The van der Waals surface area contributed by atoms with Crippen LogP contribution in [-0.4, -0.2) is 38.9 Å². The number of nitrogens with one attached hydrogen (secondary N) is 1. The molecule has 124 valence electrons. The number of rotatable bonds is 5. The summed E-state index contributed by atoms with van der Waals surface area (Å²) >= 11 is 0. The average Bonchev–Trinajstić information content (AvgIpc) is 2.47. The van der Waals surface area contributed by atoms with Crippen molar-refractivity contribution in [3.05, 3.63) is 30.3 Å². The van der Waals surface area contributed by atoms with E-state index in [0.717, 1.165) is 0 Å². The van der Waals surface area contributed by atoms with Gasteiger partial charge in [0.25, 0.3) is 10.0 Å². The molecule has 9 heteroatoms. The minimum atomic E-state index is -5.06. The van der Waals surface area contributed by atoms with Crippen molar-refractivity contribution in [1.82, 2.24) is 9.79 Å². The molecule has 2 rings (SSSR count). The average molecular weight is 338 g/mol. The molecular formula is C13H17F3N2O3S. The predicted octanol–water partition coefficient (Wildman–Crippen LogP) is 2.13. The Hall–Kier alpha value is -1.16. The van der Waals surface area contributed by atoms with E-state index in [-0.39, 0.29) is 21.8 Å². The first-order valence-electron chi connectivity index (χ1n) is 6.83. The van der Waals surface area contributed by atoms with Crippen molar-refractivity contribution in [2.45, 2.75) is 24.1 Å². The molecule has 1 fully saturated rings. The number of hydroxylamine groups is 1. The van der Waals surface area contributed by atoms with Crippen LogP contribution in [0, 0.1) is 5.92 Å². The van der Waals surface area contributed by atoms with Crippen LogP contribution < -0.4 is 5.32 Å². The molecule has 0 bridgehead atoms. The van der Waals surface area contributed by atoms with Gasteiger partial charge in [0.1, 0.15) is 0 Å². The highest BCUT2D eigenvalue weighted by molar-refractivity contribution is 7.89. The molecular weight excluding hydrogens is 321 g/mol. The maximum atomic E-state index is 12.6. The van der Waals surface area contributed by atoms with Crippen LogP contribution in [0.4, 0.5) is 13.2 Å². The Morgan fingerprint density at radius 2 is 1.77 bits per heavy atom. The molecule has 0 saturated carbocycles. The van der Waals surface area contributed by atoms with Gasteiger partial charge >= 0.3 is 6.36 Å². The minimum Gasteiger partial charge on any atom is -0.317 e. The molecule has 0 aliphatic carbocycles. The Morgan fingerprint density at radius 1 is 1.18 bits per heavy atom. The molecule has 5 nitrogen and oxygen atoms in total. The lowest BCUT2D eigenvalue weighted by Gasteiger charge is -2.29. The fourth-order valence-corrected chi connectivity index (χ4v) is 3.61. The van der Waals surface area contributed by atoms with Crippen molar-refractivity contribution >= 4 is 10.0 Å². The maximum absolute atomic E-state index is 12.6. The van der Waals surface area contributed by atoms with Crippen molar-refractivity contribution < 1.29 is 26.4 Å². The molecule has 0 radical (unpaired) electrons. The molecule has 1 heterocycles. The molecule has 0 aromatic heterocycles. The number of alkyl halides is 3. The molecule has 1 saturated heterocycles. The highest BCUT2D eigenvalue weighted by atomic mass is 32.2. The van der Waals surface area contributed by atoms with Crippen molar-refractivity contribution in [3.8, 4) is 0 Å². The zero-order valence-corrected chi connectivity index (χ0v) is 12.5. The first kappa shape index (κ1) is 17.2. The molecule has 1 aliphatic rings. The standard InChI is InChI=1S/C13H17F3N2O3S/c14-13(15,16)21-18(10-11-6-8-17-9-7-11)22(19,20)12-4-2-1-3-5-12/h1-5,11,17H,6-10H2. The summed E-state index contributed by atoms with van der Waals surface area (Å²) in [6, 6.07) is 6.96. The topological polar surface area (TPSA) is 58.6 Å². The van der Waals surface area contributed by atoms with E-state index in [4.69, 9.17) is 0 Å². The fraction of sp³-hybridized carbons (Fsp3) is 0.538. The van der Waals surface area contributed by atoms with E-state index in [9.17, 15) is 21.6 Å². The van der Waals surface area contributed by atoms with Crippen LogP contribution in [0.3, 0.4) is 0 Å². The largest absolute Gasteiger partial charge is 0.540 e. The number of nitrogens with zero attached hydrogens (tertiary/aromatic N) is 1. The molecule has 0 unspecified atom stereocenters. The highest BCUT2D eigenvalue weighted by Gasteiger charge is 2.40. The normalized spacial score (nSPS) is 17.8. The van der Waals surface area contributed by atoms with Crippen LogP contribution >= 0.6 is 0 Å². The zero-order chi connectivity index (χ0) is 16.2. The van der Waals surface area contributed by atoms with Crippen LogP contribution in [-0.2, 0) is 14.9 Å². The van der Waals surface area contributed by atoms with Gasteiger partial charge in [0.15, 0.2) is 0 Å². The van der Waals surface area contributed by atoms with Crippen molar-refractivity contribution in [2.24, 2.45) is 5.92 Å². The highest BCUT2D eigenvalue weighted by Crippen LogP contribution is 2.26. The molecule has 1 aliphatic heterocycles. The first-order chi connectivity index (χ1) is 10.3. The Morgan fingerprint density at radius 3 is 2.32 bits per heavy atom. The molecule has 1 N–H and O–H groups in total. The second kappa shape index (κ2) is 6.95. The van der Waals surface area contributed by atoms with Gasteiger partial charge in [-0.25, -0.2) is 8.42 Å². The lowest BCUT2D eigenvalue weighted by atomic mass is 9.99. The van der Waals surface area contributed by atoms with E-state index in [2.05, 4.69) is 10.2 Å². The van der Waals surface area contributed by atoms with E-state index in [1.807, 2.05) is 0 Å². The van der Waals surface area contributed by atoms with Gasteiger partial charge in [-0.3, -0.25) is 0 Å². The van der Waals surface area contributed by atoms with E-state index in [0.29, 0.717) is 25.9 Å². The van der Waals surface area contributed by atoms with Gasteiger partial charge < -0.3 is 5.32 Å². The third kappa shape index (κ3) is 4.67. The number of halogens is 3. The van der Waals surface area contributed by atoms with Gasteiger partial charge in [0.2, 0.25) is 0 Å². The zero-order valence-electron chi connectivity index (χ0n) is 11.7. The van der Waals surface area contributed by atoms with Gasteiger partial charge in [0.05, 0.1) is 4.90 Å². The maximum Gasteiger partial charge on any atom is 0.540 e. The molecule has 1 aromatic carbocycles. The van der Waals surface area contributed by atoms with E-state index < -0.39 is 16.4 Å². The van der Waals surface area contributed by atoms with Crippen LogP contribution in [0.15, 0.2) is 35.2 Å². The van der Waals surface area contributed by atoms with Crippen LogP contribution in [0.5, 0.6) is 0 Å². The summed E-state index contributed by atoms with van der Waals surface area (Å²) in [6.45, 7) is 0.976. The lowest BCUT2D eigenvalue weighted by molar-refractivity contribution is -0.391. The number of hydrogen-bond acceptors (Lipinski definition) is 4. The summed E-state index contributed by atoms with van der Waals surface area (Å²) < 4.78 is 62.5. The Kier molecular flexibility index (Phi) is 5.43. The third-order valence-corrected chi connectivity index (χ3v) is 5.01. The number of sulfonamides is 1. The Balaban J connectivity index is 2.23. The molecule has 1 aromatic rings. The molecule has 22 heavy (non-hydrogen) atoms. The van der Waals surface area contributed by atoms with Crippen molar-refractivity contribution in [2.75, 3.05) is 19.6 Å². The van der Waals surface area contributed by atoms with Gasteiger partial charge in [0, 0.05) is 6.54 Å². The monoisotopic (exact) mass is 338 g/mol. The Labute approximate surface area is 127 Å². The van der Waals surface area contributed by atoms with Crippen molar-refractivity contribution in [3.63, 3.8) is 0 Å². The van der Waals surface area contributed by atoms with E-state index in [1.165, 1.54) is 24.3 Å². The lowest BCUT2D eigenvalue weighted by Crippen LogP contribution is -2.42. The van der Waals surface area contributed by atoms with Gasteiger partial charge in [-0.05, 0) is 44.0 Å². The van der Waals surface area contributed by atoms with E-state index >= 15 is 0 Å². The van der Waals surface area contributed by atoms with Crippen molar-refractivity contribution in [1.29, 1.82) is 0 Å². The molecule has 0 atom stereocenters. The van der Waals surface area contributed by atoms with Gasteiger partial charge in [-0.1, -0.05) is 22.7 Å². The summed E-state index contributed by atoms with van der Waals surface area (Å²) in [4.78, 5) is 3.56. The summed E-state index contributed by atoms with van der Waals surface area (Å²) in [5.41, 5.74) is 0. The van der Waals surface area contributed by atoms with Crippen LogP contribution in [0.1, 0.15) is 12.8 Å². The number of hydrogen-bond donors (Lipinski definition) is 1.